The van der Waals surface area contributed by atoms with Gasteiger partial charge in [-0.3, -0.25) is 0 Å². The van der Waals surface area contributed by atoms with E-state index >= 15 is 0 Å². The first-order chi connectivity index (χ1) is 8.88. The molecule has 2 aromatic rings. The molecule has 19 heavy (non-hydrogen) atoms. The summed E-state index contributed by atoms with van der Waals surface area (Å²) in [5.41, 5.74) is 0.108. The summed E-state index contributed by atoms with van der Waals surface area (Å²) in [6.45, 7) is 3.48. The SMILES string of the molecule is CC(C)(O)CSc1nnc(-c2ccccc2Br)n1N. The number of benzene rings is 1. The van der Waals surface area contributed by atoms with Crippen molar-refractivity contribution in [3.8, 4) is 11.4 Å². The lowest BCUT2D eigenvalue weighted by Crippen LogP contribution is -2.22. The molecule has 0 saturated heterocycles. The van der Waals surface area contributed by atoms with Crippen molar-refractivity contribution in [1.29, 1.82) is 0 Å². The Morgan fingerprint density at radius 1 is 1.37 bits per heavy atom. The third-order valence-electron chi connectivity index (χ3n) is 2.33. The second-order valence-electron chi connectivity index (χ2n) is 4.76. The van der Waals surface area contributed by atoms with E-state index in [0.29, 0.717) is 16.7 Å². The van der Waals surface area contributed by atoms with E-state index in [9.17, 15) is 5.11 Å². The summed E-state index contributed by atoms with van der Waals surface area (Å²) >= 11 is 4.84. The van der Waals surface area contributed by atoms with Crippen molar-refractivity contribution in [2.24, 2.45) is 0 Å². The van der Waals surface area contributed by atoms with Crippen molar-refractivity contribution in [3.63, 3.8) is 0 Å². The molecule has 0 aliphatic heterocycles. The minimum atomic E-state index is -0.774. The number of nitrogens with two attached hydrogens (primary N) is 1. The standard InChI is InChI=1S/C12H15BrN4OS/c1-12(2,18)7-19-11-16-15-10(17(11)14)8-5-3-4-6-9(8)13/h3-6,18H,7,14H2,1-2H3. The van der Waals surface area contributed by atoms with Gasteiger partial charge in [-0.25, -0.2) is 4.68 Å². The molecule has 5 nitrogen and oxygen atoms in total. The molecule has 0 bridgehead atoms. The highest BCUT2D eigenvalue weighted by Crippen LogP contribution is 2.28. The average Bonchev–Trinajstić information content (AvgIpc) is 2.68. The van der Waals surface area contributed by atoms with Gasteiger partial charge in [0.25, 0.3) is 0 Å². The van der Waals surface area contributed by atoms with Crippen LogP contribution in [-0.4, -0.2) is 31.3 Å². The molecule has 1 aromatic carbocycles. The maximum absolute atomic E-state index is 9.71. The molecule has 0 amide bonds. The lowest BCUT2D eigenvalue weighted by molar-refractivity contribution is 0.107. The minimum Gasteiger partial charge on any atom is -0.390 e. The van der Waals surface area contributed by atoms with Crippen LogP contribution in [0.15, 0.2) is 33.9 Å². The quantitative estimate of drug-likeness (QED) is 0.658. The summed E-state index contributed by atoms with van der Waals surface area (Å²) < 4.78 is 2.35. The van der Waals surface area contributed by atoms with Crippen LogP contribution < -0.4 is 5.84 Å². The number of nitrogens with zero attached hydrogens (tertiary/aromatic N) is 3. The Morgan fingerprint density at radius 2 is 2.05 bits per heavy atom. The predicted octanol–water partition coefficient (Wildman–Crippen LogP) is 2.28. The first-order valence-corrected chi connectivity index (χ1v) is 7.47. The second-order valence-corrected chi connectivity index (χ2v) is 6.55. The molecule has 1 heterocycles. The van der Waals surface area contributed by atoms with Gasteiger partial charge in [-0.1, -0.05) is 39.8 Å². The number of nitrogen functional groups attached to an aromatic ring is 1. The zero-order valence-corrected chi connectivity index (χ0v) is 13.1. The zero-order chi connectivity index (χ0) is 14.0. The minimum absolute atomic E-state index is 0.498. The highest BCUT2D eigenvalue weighted by molar-refractivity contribution is 9.10. The van der Waals surface area contributed by atoms with Gasteiger partial charge in [-0.05, 0) is 26.0 Å². The molecular formula is C12H15BrN4OS. The van der Waals surface area contributed by atoms with Crippen LogP contribution in [0.4, 0.5) is 0 Å². The fraction of sp³-hybridized carbons (Fsp3) is 0.333. The second kappa shape index (κ2) is 5.52. The summed E-state index contributed by atoms with van der Waals surface area (Å²) in [4.78, 5) is 0. The normalized spacial score (nSPS) is 11.8. The van der Waals surface area contributed by atoms with Crippen LogP contribution in [-0.2, 0) is 0 Å². The van der Waals surface area contributed by atoms with Gasteiger partial charge in [-0.15, -0.1) is 10.2 Å². The van der Waals surface area contributed by atoms with Crippen LogP contribution in [0.5, 0.6) is 0 Å². The summed E-state index contributed by atoms with van der Waals surface area (Å²) in [5.74, 6) is 7.09. The number of halogens is 1. The summed E-state index contributed by atoms with van der Waals surface area (Å²) in [6, 6.07) is 7.68. The Morgan fingerprint density at radius 3 is 2.68 bits per heavy atom. The number of thioether (sulfide) groups is 1. The number of hydrogen-bond donors (Lipinski definition) is 2. The molecule has 3 N–H and O–H groups in total. The van der Waals surface area contributed by atoms with E-state index in [-0.39, 0.29) is 0 Å². The van der Waals surface area contributed by atoms with Gasteiger partial charge >= 0.3 is 0 Å². The van der Waals surface area contributed by atoms with E-state index < -0.39 is 5.60 Å². The van der Waals surface area contributed by atoms with Crippen LogP contribution in [0, 0.1) is 0 Å². The number of hydrogen-bond acceptors (Lipinski definition) is 5. The van der Waals surface area contributed by atoms with Gasteiger partial charge < -0.3 is 10.9 Å². The highest BCUT2D eigenvalue weighted by Gasteiger charge is 2.18. The first kappa shape index (κ1) is 14.4. The van der Waals surface area contributed by atoms with E-state index in [1.165, 1.54) is 16.4 Å². The third-order valence-corrected chi connectivity index (χ3v) is 4.41. The van der Waals surface area contributed by atoms with Crippen molar-refractivity contribution in [2.45, 2.75) is 24.6 Å². The smallest absolute Gasteiger partial charge is 0.210 e. The monoisotopic (exact) mass is 342 g/mol. The molecule has 0 radical (unpaired) electrons. The van der Waals surface area contributed by atoms with Gasteiger partial charge in [0.15, 0.2) is 5.82 Å². The van der Waals surface area contributed by atoms with Crippen LogP contribution >= 0.6 is 27.7 Å². The van der Waals surface area contributed by atoms with Crippen molar-refractivity contribution >= 4 is 27.7 Å². The van der Waals surface area contributed by atoms with Crippen molar-refractivity contribution < 1.29 is 5.11 Å². The largest absolute Gasteiger partial charge is 0.390 e. The van der Waals surface area contributed by atoms with Gasteiger partial charge in [0.05, 0.1) is 5.60 Å². The van der Waals surface area contributed by atoms with Crippen LogP contribution in [0.2, 0.25) is 0 Å². The van der Waals surface area contributed by atoms with E-state index in [2.05, 4.69) is 26.1 Å². The molecule has 0 saturated carbocycles. The Hall–Kier alpha value is -1.05. The van der Waals surface area contributed by atoms with Crippen LogP contribution in [0.3, 0.4) is 0 Å². The Labute approximate surface area is 124 Å². The van der Waals surface area contributed by atoms with E-state index in [0.717, 1.165) is 10.0 Å². The molecule has 1 aromatic heterocycles. The van der Waals surface area contributed by atoms with E-state index in [1.54, 1.807) is 13.8 Å². The Kier molecular flexibility index (Phi) is 4.17. The molecule has 0 fully saturated rings. The molecule has 0 unspecified atom stereocenters. The number of aliphatic hydroxyl groups is 1. The Bertz CT molecular complexity index is 579. The lowest BCUT2D eigenvalue weighted by Gasteiger charge is -2.15. The molecule has 0 aliphatic rings. The Balaban J connectivity index is 2.26. The molecule has 102 valence electrons. The van der Waals surface area contributed by atoms with Gasteiger partial charge in [0, 0.05) is 15.8 Å². The molecule has 7 heteroatoms. The number of rotatable bonds is 4. The fourth-order valence-electron chi connectivity index (χ4n) is 1.44. The molecule has 2 rings (SSSR count). The topological polar surface area (TPSA) is 77.0 Å². The maximum Gasteiger partial charge on any atom is 0.210 e. The van der Waals surface area contributed by atoms with Gasteiger partial charge in [0.1, 0.15) is 0 Å². The molecule has 0 atom stereocenters. The van der Waals surface area contributed by atoms with E-state index in [4.69, 9.17) is 5.84 Å². The predicted molar refractivity (Wildman–Crippen MR) is 80.3 cm³/mol. The van der Waals surface area contributed by atoms with Crippen LogP contribution in [0.1, 0.15) is 13.8 Å². The van der Waals surface area contributed by atoms with Crippen LogP contribution in [0.25, 0.3) is 11.4 Å². The van der Waals surface area contributed by atoms with Gasteiger partial charge in [-0.2, -0.15) is 0 Å². The van der Waals surface area contributed by atoms with Crippen molar-refractivity contribution in [2.75, 3.05) is 11.6 Å². The fourth-order valence-corrected chi connectivity index (χ4v) is 2.71. The third kappa shape index (κ3) is 3.49. The summed E-state index contributed by atoms with van der Waals surface area (Å²) in [5, 5.41) is 18.4. The molecule has 0 spiro atoms. The highest BCUT2D eigenvalue weighted by atomic mass is 79.9. The van der Waals surface area contributed by atoms with E-state index in [1.807, 2.05) is 24.3 Å². The maximum atomic E-state index is 9.71. The van der Waals surface area contributed by atoms with Crippen molar-refractivity contribution in [1.82, 2.24) is 14.9 Å². The van der Waals surface area contributed by atoms with Gasteiger partial charge in [0.2, 0.25) is 5.16 Å². The lowest BCUT2D eigenvalue weighted by atomic mass is 10.2. The number of aromatic nitrogens is 3. The zero-order valence-electron chi connectivity index (χ0n) is 10.7. The van der Waals surface area contributed by atoms with Crippen molar-refractivity contribution in [3.05, 3.63) is 28.7 Å². The molecule has 0 aliphatic carbocycles. The first-order valence-electron chi connectivity index (χ1n) is 5.69. The average molecular weight is 343 g/mol. The summed E-state index contributed by atoms with van der Waals surface area (Å²) in [7, 11) is 0. The summed E-state index contributed by atoms with van der Waals surface area (Å²) in [6.07, 6.45) is 0. The molecular weight excluding hydrogens is 328 g/mol.